The van der Waals surface area contributed by atoms with E-state index in [-0.39, 0.29) is 11.5 Å². The molecule has 0 saturated heterocycles. The number of guanidine groups is 1. The minimum Gasteiger partial charge on any atom is -0.379 e. The molecule has 1 heterocycles. The Balaban J connectivity index is 2.02. The van der Waals surface area contributed by atoms with Crippen molar-refractivity contribution < 1.29 is 4.74 Å². The molecule has 0 bridgehead atoms. The fourth-order valence-electron chi connectivity index (χ4n) is 2.66. The van der Waals surface area contributed by atoms with Gasteiger partial charge in [-0.1, -0.05) is 39.0 Å². The third-order valence-electron chi connectivity index (χ3n) is 4.04. The maximum absolute atomic E-state index is 5.59. The van der Waals surface area contributed by atoms with Gasteiger partial charge in [-0.15, -0.1) is 0 Å². The van der Waals surface area contributed by atoms with Crippen molar-refractivity contribution >= 4 is 16.9 Å². The smallest absolute Gasteiger partial charge is 0.191 e. The van der Waals surface area contributed by atoms with Gasteiger partial charge < -0.3 is 20.4 Å². The second kappa shape index (κ2) is 8.20. The second-order valence-electron chi connectivity index (χ2n) is 7.05. The summed E-state index contributed by atoms with van der Waals surface area (Å²) < 4.78 is 5.59. The molecule has 0 spiro atoms. The van der Waals surface area contributed by atoms with Crippen LogP contribution in [0, 0.1) is 5.41 Å². The summed E-state index contributed by atoms with van der Waals surface area (Å²) in [6, 6.07) is 10.4. The molecule has 0 amide bonds. The first-order valence-corrected chi connectivity index (χ1v) is 8.55. The number of hydrogen-bond acceptors (Lipinski definition) is 2. The largest absolute Gasteiger partial charge is 0.379 e. The van der Waals surface area contributed by atoms with Gasteiger partial charge in [0.05, 0.1) is 12.6 Å². The molecule has 132 valence electrons. The van der Waals surface area contributed by atoms with E-state index in [1.165, 1.54) is 5.39 Å². The quantitative estimate of drug-likeness (QED) is 0.563. The highest BCUT2D eigenvalue weighted by Crippen LogP contribution is 2.21. The highest BCUT2D eigenvalue weighted by molar-refractivity contribution is 5.81. The van der Waals surface area contributed by atoms with E-state index < -0.39 is 0 Å². The Kier molecular flexibility index (Phi) is 6.26. The second-order valence-corrected chi connectivity index (χ2v) is 7.05. The average Bonchev–Trinajstić information content (AvgIpc) is 2.94. The lowest BCUT2D eigenvalue weighted by atomic mass is 9.89. The molecule has 1 aromatic carbocycles. The summed E-state index contributed by atoms with van der Waals surface area (Å²) in [4.78, 5) is 8.08. The van der Waals surface area contributed by atoms with Crippen LogP contribution in [-0.2, 0) is 11.3 Å². The van der Waals surface area contributed by atoms with Crippen LogP contribution < -0.4 is 10.6 Å². The fraction of sp³-hybridized carbons (Fsp3) is 0.526. The third kappa shape index (κ3) is 4.99. The normalized spacial score (nSPS) is 14.0. The number of benzene rings is 1. The van der Waals surface area contributed by atoms with E-state index >= 15 is 0 Å². The molecule has 1 unspecified atom stereocenters. The summed E-state index contributed by atoms with van der Waals surface area (Å²) in [7, 11) is 1.76. The van der Waals surface area contributed by atoms with E-state index in [4.69, 9.17) is 4.74 Å². The highest BCUT2D eigenvalue weighted by Gasteiger charge is 2.24. The molecule has 5 nitrogen and oxygen atoms in total. The van der Waals surface area contributed by atoms with Gasteiger partial charge in [0.25, 0.3) is 0 Å². The molecule has 2 rings (SSSR count). The Morgan fingerprint density at radius 1 is 1.25 bits per heavy atom. The number of methoxy groups -OCH3 is 1. The average molecular weight is 330 g/mol. The summed E-state index contributed by atoms with van der Waals surface area (Å²) in [5, 5.41) is 7.88. The number of aromatic amines is 1. The van der Waals surface area contributed by atoms with E-state index in [0.717, 1.165) is 30.3 Å². The van der Waals surface area contributed by atoms with Crippen molar-refractivity contribution in [3.05, 3.63) is 36.0 Å². The van der Waals surface area contributed by atoms with Crippen LogP contribution >= 0.6 is 0 Å². The first kappa shape index (κ1) is 18.3. The lowest BCUT2D eigenvalue weighted by Gasteiger charge is -2.30. The zero-order chi connectivity index (χ0) is 17.6. The number of para-hydroxylation sites is 1. The summed E-state index contributed by atoms with van der Waals surface area (Å²) in [6.07, 6.45) is 0.120. The van der Waals surface area contributed by atoms with Crippen LogP contribution in [0.4, 0.5) is 0 Å². The summed E-state index contributed by atoms with van der Waals surface area (Å²) >= 11 is 0. The van der Waals surface area contributed by atoms with E-state index in [2.05, 4.69) is 66.5 Å². The van der Waals surface area contributed by atoms with Gasteiger partial charge in [-0.3, -0.25) is 0 Å². The third-order valence-corrected chi connectivity index (χ3v) is 4.04. The number of nitrogens with zero attached hydrogens (tertiary/aromatic N) is 1. The number of rotatable bonds is 6. The van der Waals surface area contributed by atoms with Crippen LogP contribution in [0.3, 0.4) is 0 Å². The number of ether oxygens (including phenoxy) is 1. The Bertz CT molecular complexity index is 636. The molecule has 3 N–H and O–H groups in total. The molecular formula is C19H30N4O. The minimum atomic E-state index is 0.0796. The van der Waals surface area contributed by atoms with Gasteiger partial charge in [-0.2, -0.15) is 0 Å². The van der Waals surface area contributed by atoms with Crippen molar-refractivity contribution in [2.24, 2.45) is 10.4 Å². The summed E-state index contributed by atoms with van der Waals surface area (Å²) in [5.41, 5.74) is 2.33. The molecule has 5 heteroatoms. The first-order chi connectivity index (χ1) is 11.4. The number of aliphatic imine (C=N–C) groups is 1. The van der Waals surface area contributed by atoms with E-state index in [9.17, 15) is 0 Å². The summed E-state index contributed by atoms with van der Waals surface area (Å²) in [5.74, 6) is 0.808. The van der Waals surface area contributed by atoms with Crippen LogP contribution in [0.2, 0.25) is 0 Å². The minimum absolute atomic E-state index is 0.0796. The number of fused-ring (bicyclic) bond motifs is 1. The maximum atomic E-state index is 5.59. The van der Waals surface area contributed by atoms with Crippen molar-refractivity contribution in [1.29, 1.82) is 0 Å². The Morgan fingerprint density at radius 3 is 2.62 bits per heavy atom. The zero-order valence-corrected chi connectivity index (χ0v) is 15.4. The molecule has 0 aliphatic carbocycles. The maximum Gasteiger partial charge on any atom is 0.191 e. The van der Waals surface area contributed by atoms with E-state index in [1.54, 1.807) is 7.11 Å². The van der Waals surface area contributed by atoms with Gasteiger partial charge in [-0.05, 0) is 29.9 Å². The van der Waals surface area contributed by atoms with Crippen molar-refractivity contribution in [1.82, 2.24) is 15.6 Å². The topological polar surface area (TPSA) is 61.4 Å². The first-order valence-electron chi connectivity index (χ1n) is 8.55. The zero-order valence-electron chi connectivity index (χ0n) is 15.4. The molecule has 2 aromatic rings. The molecule has 0 radical (unpaired) electrons. The molecule has 0 aliphatic rings. The van der Waals surface area contributed by atoms with Gasteiger partial charge in [0.2, 0.25) is 0 Å². The van der Waals surface area contributed by atoms with Gasteiger partial charge in [0.15, 0.2) is 5.96 Å². The number of hydrogen-bond donors (Lipinski definition) is 3. The van der Waals surface area contributed by atoms with Crippen LogP contribution in [-0.4, -0.2) is 37.2 Å². The molecular weight excluding hydrogens is 300 g/mol. The van der Waals surface area contributed by atoms with Crippen molar-refractivity contribution in [2.45, 2.75) is 40.3 Å². The Morgan fingerprint density at radius 2 is 2.00 bits per heavy atom. The van der Waals surface area contributed by atoms with Crippen molar-refractivity contribution in [3.63, 3.8) is 0 Å². The van der Waals surface area contributed by atoms with Crippen LogP contribution in [0.1, 0.15) is 33.4 Å². The monoisotopic (exact) mass is 330 g/mol. The molecule has 24 heavy (non-hydrogen) atoms. The predicted octanol–water partition coefficient (Wildman–Crippen LogP) is 3.28. The summed E-state index contributed by atoms with van der Waals surface area (Å²) in [6.45, 7) is 10.8. The molecule has 0 aliphatic heterocycles. The van der Waals surface area contributed by atoms with Crippen molar-refractivity contribution in [3.8, 4) is 0 Å². The standard InChI is InChI=1S/C19H30N4O/c1-6-20-18(22-13-17(24-5)19(2,3)4)21-12-15-11-14-9-7-8-10-16(14)23-15/h7-11,17,23H,6,12-13H2,1-5H3,(H2,20,21,22). The number of aromatic nitrogens is 1. The number of nitrogens with one attached hydrogen (secondary N) is 3. The predicted molar refractivity (Wildman–Crippen MR) is 101 cm³/mol. The van der Waals surface area contributed by atoms with Gasteiger partial charge in [0.1, 0.15) is 0 Å². The van der Waals surface area contributed by atoms with Crippen LogP contribution in [0.5, 0.6) is 0 Å². The lowest BCUT2D eigenvalue weighted by Crippen LogP contribution is -2.45. The molecule has 1 aromatic heterocycles. The Labute approximate surface area is 144 Å². The number of H-pyrrole nitrogens is 1. The van der Waals surface area contributed by atoms with Crippen molar-refractivity contribution in [2.75, 3.05) is 20.2 Å². The molecule has 0 fully saturated rings. The van der Waals surface area contributed by atoms with Crippen LogP contribution in [0.25, 0.3) is 10.9 Å². The van der Waals surface area contributed by atoms with Gasteiger partial charge in [0, 0.05) is 31.4 Å². The lowest BCUT2D eigenvalue weighted by molar-refractivity contribution is 0.0205. The SMILES string of the molecule is CCNC(=NCc1cc2ccccc2[nH]1)NCC(OC)C(C)(C)C. The molecule has 0 saturated carbocycles. The molecule has 1 atom stereocenters. The van der Waals surface area contributed by atoms with E-state index in [0.29, 0.717) is 6.54 Å². The Hall–Kier alpha value is -2.01. The fourth-order valence-corrected chi connectivity index (χ4v) is 2.66. The van der Waals surface area contributed by atoms with Crippen LogP contribution in [0.15, 0.2) is 35.3 Å². The van der Waals surface area contributed by atoms with E-state index in [1.807, 2.05) is 12.1 Å². The van der Waals surface area contributed by atoms with Gasteiger partial charge in [-0.25, -0.2) is 4.99 Å². The highest BCUT2D eigenvalue weighted by atomic mass is 16.5. The van der Waals surface area contributed by atoms with Gasteiger partial charge >= 0.3 is 0 Å².